The van der Waals surface area contributed by atoms with Gasteiger partial charge < -0.3 is 5.73 Å². The molecule has 3 N–H and O–H groups in total. The molecule has 0 amide bonds. The highest BCUT2D eigenvalue weighted by atomic mass is 19.4. The fourth-order valence-corrected chi connectivity index (χ4v) is 4.27. The highest BCUT2D eigenvalue weighted by Gasteiger charge is 2.39. The summed E-state index contributed by atoms with van der Waals surface area (Å²) in [6.45, 7) is -0.194. The van der Waals surface area contributed by atoms with Gasteiger partial charge in [0, 0.05) is 13.0 Å². The van der Waals surface area contributed by atoms with Crippen molar-refractivity contribution in [3.05, 3.63) is 130 Å². The number of pyridine rings is 1. The van der Waals surface area contributed by atoms with Gasteiger partial charge in [0.05, 0.1) is 34.2 Å². The largest absolute Gasteiger partial charge is 0.416 e. The second-order valence-corrected chi connectivity index (χ2v) is 8.82. The molecule has 4 aromatic rings. The lowest BCUT2D eigenvalue weighted by atomic mass is 9.79. The number of nitrogen functional groups attached to an aromatic ring is 1. The first-order valence-electron chi connectivity index (χ1n) is 11.4. The van der Waals surface area contributed by atoms with Crippen LogP contribution in [0.2, 0.25) is 0 Å². The summed E-state index contributed by atoms with van der Waals surface area (Å²) in [6.07, 6.45) is -8.11. The zero-order valence-electron chi connectivity index (χ0n) is 19.7. The van der Waals surface area contributed by atoms with Crippen molar-refractivity contribution < 1.29 is 30.7 Å². The van der Waals surface area contributed by atoms with Gasteiger partial charge in [-0.2, -0.15) is 26.3 Å². The minimum Gasteiger partial charge on any atom is -0.397 e. The van der Waals surface area contributed by atoms with Gasteiger partial charge in [-0.05, 0) is 53.1 Å². The molecule has 0 bridgehead atoms. The van der Waals surface area contributed by atoms with Gasteiger partial charge >= 0.3 is 12.4 Å². The van der Waals surface area contributed by atoms with Crippen LogP contribution < -0.4 is 11.1 Å². The van der Waals surface area contributed by atoms with E-state index in [1.54, 1.807) is 30.3 Å². The zero-order valence-corrected chi connectivity index (χ0v) is 19.7. The first-order valence-corrected chi connectivity index (χ1v) is 11.4. The maximum absolute atomic E-state index is 14.7. The Bertz CT molecular complexity index is 1380. The molecule has 0 spiro atoms. The number of alkyl halides is 6. The maximum atomic E-state index is 14.7. The van der Waals surface area contributed by atoms with E-state index in [1.807, 2.05) is 0 Å². The van der Waals surface area contributed by atoms with Gasteiger partial charge in [-0.15, -0.1) is 0 Å². The third kappa shape index (κ3) is 6.13. The van der Waals surface area contributed by atoms with E-state index in [1.165, 1.54) is 30.5 Å². The lowest BCUT2D eigenvalue weighted by Crippen LogP contribution is -2.46. The van der Waals surface area contributed by atoms with Crippen LogP contribution >= 0.6 is 0 Å². The number of anilines is 1. The third-order valence-electron chi connectivity index (χ3n) is 6.10. The molecule has 198 valence electrons. The monoisotopic (exact) mass is 533 g/mol. The van der Waals surface area contributed by atoms with Crippen LogP contribution in [0.25, 0.3) is 0 Å². The van der Waals surface area contributed by atoms with Crippen molar-refractivity contribution in [2.24, 2.45) is 0 Å². The first kappa shape index (κ1) is 27.1. The van der Waals surface area contributed by atoms with Crippen molar-refractivity contribution in [3.8, 4) is 0 Å². The number of rotatable bonds is 7. The van der Waals surface area contributed by atoms with E-state index in [-0.39, 0.29) is 35.5 Å². The molecule has 0 aliphatic rings. The smallest absolute Gasteiger partial charge is 0.397 e. The molecule has 10 heteroatoms. The molecule has 0 aliphatic heterocycles. The van der Waals surface area contributed by atoms with E-state index in [9.17, 15) is 30.7 Å². The highest BCUT2D eigenvalue weighted by Crippen LogP contribution is 2.38. The Hall–Kier alpha value is -3.92. The molecule has 1 atom stereocenters. The predicted octanol–water partition coefficient (Wildman–Crippen LogP) is 7.12. The van der Waals surface area contributed by atoms with Gasteiger partial charge in [0.25, 0.3) is 0 Å². The molecule has 1 unspecified atom stereocenters. The van der Waals surface area contributed by atoms with Crippen molar-refractivity contribution in [2.75, 3.05) is 5.73 Å². The van der Waals surface area contributed by atoms with Gasteiger partial charge in [0.15, 0.2) is 0 Å². The quantitative estimate of drug-likeness (QED) is 0.249. The summed E-state index contributed by atoms with van der Waals surface area (Å²) >= 11 is 0. The van der Waals surface area contributed by atoms with Crippen LogP contribution in [0.4, 0.5) is 36.4 Å². The Kier molecular flexibility index (Phi) is 7.46. The fraction of sp³-hybridized carbons (Fsp3) is 0.179. The molecule has 4 rings (SSSR count). The van der Waals surface area contributed by atoms with Crippen LogP contribution in [0, 0.1) is 5.82 Å². The molecule has 0 radical (unpaired) electrons. The number of nitrogens with one attached hydrogen (secondary N) is 1. The van der Waals surface area contributed by atoms with E-state index in [0.717, 1.165) is 24.3 Å². The van der Waals surface area contributed by atoms with Crippen molar-refractivity contribution >= 4 is 5.69 Å². The van der Waals surface area contributed by atoms with E-state index >= 15 is 0 Å². The number of benzene rings is 3. The topological polar surface area (TPSA) is 50.9 Å². The highest BCUT2D eigenvalue weighted by molar-refractivity contribution is 5.44. The average Bonchev–Trinajstić information content (AvgIpc) is 2.86. The van der Waals surface area contributed by atoms with E-state index < -0.39 is 34.8 Å². The van der Waals surface area contributed by atoms with Gasteiger partial charge in [-0.3, -0.25) is 10.3 Å². The number of hydrogen-bond acceptors (Lipinski definition) is 3. The van der Waals surface area contributed by atoms with Gasteiger partial charge in [0.1, 0.15) is 5.82 Å². The van der Waals surface area contributed by atoms with Crippen LogP contribution in [0.15, 0.2) is 91.1 Å². The number of aromatic nitrogens is 1. The van der Waals surface area contributed by atoms with Crippen LogP contribution in [0.3, 0.4) is 0 Å². The summed E-state index contributed by atoms with van der Waals surface area (Å²) in [7, 11) is 0. The second kappa shape index (κ2) is 10.4. The Morgan fingerprint density at radius 1 is 0.684 bits per heavy atom. The Balaban J connectivity index is 1.91. The maximum Gasteiger partial charge on any atom is 0.416 e. The minimum atomic E-state index is -4.84. The predicted molar refractivity (Wildman–Crippen MR) is 129 cm³/mol. The third-order valence-corrected chi connectivity index (χ3v) is 6.10. The molecule has 3 nitrogen and oxygen atoms in total. The van der Waals surface area contributed by atoms with Gasteiger partial charge in [-0.1, -0.05) is 48.5 Å². The summed E-state index contributed by atoms with van der Waals surface area (Å²) in [5, 5.41) is 3.13. The van der Waals surface area contributed by atoms with E-state index in [0.29, 0.717) is 11.6 Å². The standard InChI is InChI=1S/C28H22F7N3/c29-23-13-21(12-22(14-23)28(33,34)35)26(15-18-5-2-1-3-6-18,25-10-9-24(36)17-37-25)38-16-19-7-4-8-20(11-19)27(30,31)32/h1-14,17,38H,15-16,36H2. The lowest BCUT2D eigenvalue weighted by molar-refractivity contribution is -0.138. The molecule has 0 saturated heterocycles. The summed E-state index contributed by atoms with van der Waals surface area (Å²) in [5.74, 6) is -1.12. The SMILES string of the molecule is Nc1ccc(C(Cc2ccccc2)(NCc2cccc(C(F)(F)F)c2)c2cc(F)cc(C(F)(F)F)c2)nc1. The average molecular weight is 533 g/mol. The number of hydrogen-bond donors (Lipinski definition) is 2. The summed E-state index contributed by atoms with van der Waals surface area (Å²) < 4.78 is 95.7. The molecule has 38 heavy (non-hydrogen) atoms. The second-order valence-electron chi connectivity index (χ2n) is 8.82. The minimum absolute atomic E-state index is 0.00443. The molecular formula is C28H22F7N3. The molecule has 0 aliphatic carbocycles. The fourth-order valence-electron chi connectivity index (χ4n) is 4.27. The first-order chi connectivity index (χ1) is 17.9. The number of nitrogens with zero attached hydrogens (tertiary/aromatic N) is 1. The van der Waals surface area contributed by atoms with Crippen LogP contribution in [0.1, 0.15) is 33.5 Å². The molecule has 0 saturated carbocycles. The van der Waals surface area contributed by atoms with Gasteiger partial charge in [0.2, 0.25) is 0 Å². The Morgan fingerprint density at radius 2 is 1.34 bits per heavy atom. The number of nitrogens with two attached hydrogens (primary N) is 1. The molecule has 3 aromatic carbocycles. The lowest BCUT2D eigenvalue weighted by Gasteiger charge is -2.36. The van der Waals surface area contributed by atoms with Crippen LogP contribution in [-0.2, 0) is 30.9 Å². The summed E-state index contributed by atoms with van der Waals surface area (Å²) in [6, 6.07) is 18.4. The van der Waals surface area contributed by atoms with E-state index in [4.69, 9.17) is 5.73 Å². The Morgan fingerprint density at radius 3 is 1.97 bits per heavy atom. The van der Waals surface area contributed by atoms with Gasteiger partial charge in [-0.25, -0.2) is 4.39 Å². The Labute approximate surface area is 214 Å². The molecular weight excluding hydrogens is 511 g/mol. The normalized spacial score (nSPS) is 13.8. The van der Waals surface area contributed by atoms with Crippen LogP contribution in [0.5, 0.6) is 0 Å². The van der Waals surface area contributed by atoms with Crippen molar-refractivity contribution in [2.45, 2.75) is 30.9 Å². The molecule has 0 fully saturated rings. The summed E-state index contributed by atoms with van der Waals surface area (Å²) in [4.78, 5) is 4.34. The zero-order chi connectivity index (χ0) is 27.6. The number of halogens is 7. The molecule has 1 heterocycles. The van der Waals surface area contributed by atoms with Crippen LogP contribution in [-0.4, -0.2) is 4.98 Å². The summed E-state index contributed by atoms with van der Waals surface area (Å²) in [5.41, 5.74) is 3.42. The van der Waals surface area contributed by atoms with E-state index in [2.05, 4.69) is 10.3 Å². The molecule has 1 aromatic heterocycles. The van der Waals surface area contributed by atoms with Crippen molar-refractivity contribution in [1.82, 2.24) is 10.3 Å². The van der Waals surface area contributed by atoms with Crippen molar-refractivity contribution in [3.63, 3.8) is 0 Å². The van der Waals surface area contributed by atoms with Crippen molar-refractivity contribution in [1.29, 1.82) is 0 Å².